The van der Waals surface area contributed by atoms with Crippen LogP contribution in [0.15, 0.2) is 30.5 Å². The SMILES string of the molecule is CCC(C)C(NC(=O)CN)C(=O)NCC(=O)NC(Cc1c[nH]c2ccccc12)C(=O)O. The number of carbonyl (C=O) groups excluding carboxylic acids is 3. The number of fused-ring (bicyclic) bond motifs is 1. The van der Waals surface area contributed by atoms with Gasteiger partial charge in [-0.15, -0.1) is 0 Å². The number of carboxylic acids is 1. The number of H-pyrrole nitrogens is 1. The van der Waals surface area contributed by atoms with Crippen molar-refractivity contribution in [3.05, 3.63) is 36.0 Å². The van der Waals surface area contributed by atoms with Crippen LogP contribution in [0.5, 0.6) is 0 Å². The molecule has 0 aliphatic carbocycles. The van der Waals surface area contributed by atoms with Crippen LogP contribution in [0.3, 0.4) is 0 Å². The van der Waals surface area contributed by atoms with Crippen molar-refractivity contribution in [2.75, 3.05) is 13.1 Å². The fraction of sp³-hybridized carbons (Fsp3) is 0.429. The number of aliphatic carboxylic acids is 1. The normalized spacial score (nSPS) is 13.8. The number of nitrogens with one attached hydrogen (secondary N) is 4. The van der Waals surface area contributed by atoms with Gasteiger partial charge in [-0.3, -0.25) is 14.4 Å². The topological polar surface area (TPSA) is 166 Å². The molecule has 0 fully saturated rings. The summed E-state index contributed by atoms with van der Waals surface area (Å²) in [6.07, 6.45) is 2.42. The van der Waals surface area contributed by atoms with E-state index in [0.29, 0.717) is 6.42 Å². The number of carboxylic acid groups (broad SMARTS) is 1. The summed E-state index contributed by atoms with van der Waals surface area (Å²) in [5.41, 5.74) is 6.92. The van der Waals surface area contributed by atoms with E-state index in [2.05, 4.69) is 20.9 Å². The number of carbonyl (C=O) groups is 4. The van der Waals surface area contributed by atoms with E-state index in [1.807, 2.05) is 31.2 Å². The molecule has 1 aromatic carbocycles. The minimum atomic E-state index is -1.18. The van der Waals surface area contributed by atoms with Crippen molar-refractivity contribution in [1.29, 1.82) is 0 Å². The summed E-state index contributed by atoms with van der Waals surface area (Å²) < 4.78 is 0. The van der Waals surface area contributed by atoms with Crippen LogP contribution in [0.2, 0.25) is 0 Å². The van der Waals surface area contributed by atoms with Gasteiger partial charge in [-0.1, -0.05) is 38.5 Å². The first-order valence-corrected chi connectivity index (χ1v) is 10.1. The van der Waals surface area contributed by atoms with E-state index in [1.54, 1.807) is 13.1 Å². The summed E-state index contributed by atoms with van der Waals surface area (Å²) >= 11 is 0. The Balaban J connectivity index is 1.97. The predicted molar refractivity (Wildman–Crippen MR) is 115 cm³/mol. The van der Waals surface area contributed by atoms with Crippen molar-refractivity contribution >= 4 is 34.6 Å². The van der Waals surface area contributed by atoms with Crippen molar-refractivity contribution in [1.82, 2.24) is 20.9 Å². The second-order valence-corrected chi connectivity index (χ2v) is 7.37. The highest BCUT2D eigenvalue weighted by atomic mass is 16.4. The van der Waals surface area contributed by atoms with Crippen LogP contribution in [0.4, 0.5) is 0 Å². The number of hydrogen-bond acceptors (Lipinski definition) is 5. The fourth-order valence-corrected chi connectivity index (χ4v) is 3.18. The molecule has 0 bridgehead atoms. The van der Waals surface area contributed by atoms with Gasteiger partial charge in [-0.2, -0.15) is 0 Å². The van der Waals surface area contributed by atoms with E-state index in [-0.39, 0.29) is 18.9 Å². The molecule has 2 aromatic rings. The Hall–Kier alpha value is -3.40. The fourth-order valence-electron chi connectivity index (χ4n) is 3.18. The van der Waals surface area contributed by atoms with Crippen molar-refractivity contribution in [3.8, 4) is 0 Å². The Labute approximate surface area is 179 Å². The molecule has 168 valence electrons. The molecular formula is C21H29N5O5. The zero-order valence-electron chi connectivity index (χ0n) is 17.6. The van der Waals surface area contributed by atoms with Gasteiger partial charge < -0.3 is 31.8 Å². The van der Waals surface area contributed by atoms with E-state index >= 15 is 0 Å². The molecule has 7 N–H and O–H groups in total. The Morgan fingerprint density at radius 2 is 1.84 bits per heavy atom. The molecule has 10 nitrogen and oxygen atoms in total. The molecule has 3 atom stereocenters. The molecule has 0 spiro atoms. The number of benzene rings is 1. The third-order valence-corrected chi connectivity index (χ3v) is 5.15. The zero-order valence-corrected chi connectivity index (χ0v) is 17.6. The number of nitrogens with two attached hydrogens (primary N) is 1. The molecule has 31 heavy (non-hydrogen) atoms. The van der Waals surface area contributed by atoms with E-state index in [4.69, 9.17) is 5.73 Å². The maximum Gasteiger partial charge on any atom is 0.326 e. The molecule has 1 heterocycles. The monoisotopic (exact) mass is 431 g/mol. The first-order valence-electron chi connectivity index (χ1n) is 10.1. The summed E-state index contributed by atoms with van der Waals surface area (Å²) in [7, 11) is 0. The van der Waals surface area contributed by atoms with Gasteiger partial charge >= 0.3 is 5.97 Å². The maximum absolute atomic E-state index is 12.5. The Morgan fingerprint density at radius 1 is 1.13 bits per heavy atom. The van der Waals surface area contributed by atoms with Crippen LogP contribution in [-0.2, 0) is 25.6 Å². The summed E-state index contributed by atoms with van der Waals surface area (Å²) in [6.45, 7) is 2.99. The molecule has 10 heteroatoms. The maximum atomic E-state index is 12.5. The van der Waals surface area contributed by atoms with Gasteiger partial charge in [0, 0.05) is 23.5 Å². The summed E-state index contributed by atoms with van der Waals surface area (Å²) in [4.78, 5) is 51.1. The second-order valence-electron chi connectivity index (χ2n) is 7.37. The molecule has 0 radical (unpaired) electrons. The molecule has 0 aliphatic heterocycles. The lowest BCUT2D eigenvalue weighted by molar-refractivity contribution is -0.141. The highest BCUT2D eigenvalue weighted by molar-refractivity contribution is 5.92. The lowest BCUT2D eigenvalue weighted by atomic mass is 9.98. The summed E-state index contributed by atoms with van der Waals surface area (Å²) in [5, 5.41) is 17.8. The minimum absolute atomic E-state index is 0.0844. The molecular weight excluding hydrogens is 402 g/mol. The average molecular weight is 431 g/mol. The smallest absolute Gasteiger partial charge is 0.326 e. The van der Waals surface area contributed by atoms with Crippen LogP contribution in [0.1, 0.15) is 25.8 Å². The van der Waals surface area contributed by atoms with Gasteiger partial charge in [0.2, 0.25) is 17.7 Å². The van der Waals surface area contributed by atoms with Gasteiger partial charge in [0.15, 0.2) is 0 Å². The largest absolute Gasteiger partial charge is 0.480 e. The molecule has 0 aliphatic rings. The molecule has 0 saturated carbocycles. The van der Waals surface area contributed by atoms with Crippen LogP contribution in [-0.4, -0.2) is 59.0 Å². The van der Waals surface area contributed by atoms with Crippen molar-refractivity contribution in [2.45, 2.75) is 38.8 Å². The van der Waals surface area contributed by atoms with Gasteiger partial charge in [0.1, 0.15) is 12.1 Å². The number of amides is 3. The third kappa shape index (κ3) is 6.54. The second kappa shape index (κ2) is 11.1. The van der Waals surface area contributed by atoms with Gasteiger partial charge in [0.25, 0.3) is 0 Å². The Morgan fingerprint density at radius 3 is 2.48 bits per heavy atom. The number of aromatic nitrogens is 1. The molecule has 3 unspecified atom stereocenters. The number of aromatic amines is 1. The van der Waals surface area contributed by atoms with Crippen molar-refractivity contribution in [3.63, 3.8) is 0 Å². The summed E-state index contributed by atoms with van der Waals surface area (Å²) in [6, 6.07) is 5.46. The molecule has 1 aromatic heterocycles. The van der Waals surface area contributed by atoms with E-state index in [1.165, 1.54) is 0 Å². The Kier molecular flexibility index (Phi) is 8.56. The number of hydrogen-bond donors (Lipinski definition) is 6. The van der Waals surface area contributed by atoms with Crippen molar-refractivity contribution in [2.24, 2.45) is 11.7 Å². The minimum Gasteiger partial charge on any atom is -0.480 e. The highest BCUT2D eigenvalue weighted by Crippen LogP contribution is 2.19. The lowest BCUT2D eigenvalue weighted by Gasteiger charge is -2.23. The summed E-state index contributed by atoms with van der Waals surface area (Å²) in [5.74, 6) is -3.01. The van der Waals surface area contributed by atoms with E-state index in [9.17, 15) is 24.3 Å². The van der Waals surface area contributed by atoms with Crippen LogP contribution in [0, 0.1) is 5.92 Å². The average Bonchev–Trinajstić information content (AvgIpc) is 3.17. The van der Waals surface area contributed by atoms with Crippen LogP contribution in [0.25, 0.3) is 10.9 Å². The molecule has 3 amide bonds. The van der Waals surface area contributed by atoms with Crippen LogP contribution >= 0.6 is 0 Å². The third-order valence-electron chi connectivity index (χ3n) is 5.15. The van der Waals surface area contributed by atoms with E-state index < -0.39 is 42.3 Å². The first-order chi connectivity index (χ1) is 14.8. The van der Waals surface area contributed by atoms with Gasteiger partial charge in [-0.05, 0) is 17.5 Å². The first kappa shape index (κ1) is 23.9. The lowest BCUT2D eigenvalue weighted by Crippen LogP contribution is -2.54. The van der Waals surface area contributed by atoms with Crippen molar-refractivity contribution < 1.29 is 24.3 Å². The van der Waals surface area contributed by atoms with Gasteiger partial charge in [0.05, 0.1) is 13.1 Å². The van der Waals surface area contributed by atoms with Crippen LogP contribution < -0.4 is 21.7 Å². The standard InChI is InChI=1S/C21H29N5O5/c1-3-12(2)19(26-17(27)9-22)20(29)24-11-18(28)25-16(21(30)31)8-13-10-23-15-7-5-4-6-14(13)15/h4-7,10,12,16,19,23H,3,8-9,11,22H2,1-2H3,(H,24,29)(H,25,28)(H,26,27)(H,30,31). The van der Waals surface area contributed by atoms with E-state index in [0.717, 1.165) is 16.5 Å². The number of para-hydroxylation sites is 1. The molecule has 2 rings (SSSR count). The Bertz CT molecular complexity index is 941. The predicted octanol–water partition coefficient (Wildman–Crippen LogP) is -0.114. The quantitative estimate of drug-likeness (QED) is 0.290. The number of rotatable bonds is 11. The van der Waals surface area contributed by atoms with Gasteiger partial charge in [-0.25, -0.2) is 4.79 Å². The zero-order chi connectivity index (χ0) is 23.0. The highest BCUT2D eigenvalue weighted by Gasteiger charge is 2.27. The molecule has 0 saturated heterocycles.